The van der Waals surface area contributed by atoms with E-state index in [0.717, 1.165) is 31.6 Å². The molecule has 2 N–H and O–H groups in total. The number of rotatable bonds is 4. The number of carbonyl (C=O) groups is 2. The summed E-state index contributed by atoms with van der Waals surface area (Å²) in [5, 5.41) is 12.1. The molecule has 0 atom stereocenters. The minimum Gasteiger partial charge on any atom is -0.478 e. The van der Waals surface area contributed by atoms with Crippen LogP contribution in [0, 0.1) is 13.8 Å². The lowest BCUT2D eigenvalue weighted by Gasteiger charge is -2.17. The number of nitrogens with one attached hydrogen (secondary N) is 1. The van der Waals surface area contributed by atoms with E-state index in [4.69, 9.17) is 0 Å². The SMILES string of the molecule is Cc1cc(C)c(C(=O)O)c(NCC(=O)N2CCCC2)n1. The van der Waals surface area contributed by atoms with E-state index in [2.05, 4.69) is 10.3 Å². The average Bonchev–Trinajstić information content (AvgIpc) is 2.88. The van der Waals surface area contributed by atoms with Gasteiger partial charge in [0.1, 0.15) is 11.4 Å². The third kappa shape index (κ3) is 3.07. The van der Waals surface area contributed by atoms with Gasteiger partial charge in [-0.15, -0.1) is 0 Å². The second-order valence-corrected chi connectivity index (χ2v) is 5.05. The Morgan fingerprint density at radius 2 is 2.00 bits per heavy atom. The Bertz CT molecular complexity index is 537. The van der Waals surface area contributed by atoms with Crippen LogP contribution in [0.3, 0.4) is 0 Å². The maximum absolute atomic E-state index is 12.0. The smallest absolute Gasteiger partial charge is 0.339 e. The first-order valence-corrected chi connectivity index (χ1v) is 6.72. The van der Waals surface area contributed by atoms with Gasteiger partial charge in [0.05, 0.1) is 6.54 Å². The summed E-state index contributed by atoms with van der Waals surface area (Å²) in [6, 6.07) is 1.72. The van der Waals surface area contributed by atoms with Crippen molar-refractivity contribution in [2.75, 3.05) is 25.0 Å². The summed E-state index contributed by atoms with van der Waals surface area (Å²) in [5.74, 6) is -0.784. The Hall–Kier alpha value is -2.11. The number of hydrogen-bond acceptors (Lipinski definition) is 4. The van der Waals surface area contributed by atoms with Gasteiger partial charge in [0.15, 0.2) is 0 Å². The van der Waals surface area contributed by atoms with Crippen molar-refractivity contribution >= 4 is 17.7 Å². The average molecular weight is 277 g/mol. The highest BCUT2D eigenvalue weighted by atomic mass is 16.4. The van der Waals surface area contributed by atoms with E-state index in [1.54, 1.807) is 24.8 Å². The van der Waals surface area contributed by atoms with Gasteiger partial charge in [-0.3, -0.25) is 4.79 Å². The second kappa shape index (κ2) is 5.90. The van der Waals surface area contributed by atoms with E-state index in [0.29, 0.717) is 5.56 Å². The highest BCUT2D eigenvalue weighted by Gasteiger charge is 2.20. The van der Waals surface area contributed by atoms with Crippen LogP contribution in [-0.4, -0.2) is 46.5 Å². The maximum atomic E-state index is 12.0. The van der Waals surface area contributed by atoms with Crippen molar-refractivity contribution in [2.24, 2.45) is 0 Å². The van der Waals surface area contributed by atoms with Crippen molar-refractivity contribution in [1.82, 2.24) is 9.88 Å². The van der Waals surface area contributed by atoms with Crippen LogP contribution in [0.5, 0.6) is 0 Å². The number of carboxylic acids is 1. The summed E-state index contributed by atoms with van der Waals surface area (Å²) >= 11 is 0. The van der Waals surface area contributed by atoms with Crippen molar-refractivity contribution in [2.45, 2.75) is 26.7 Å². The number of carbonyl (C=O) groups excluding carboxylic acids is 1. The zero-order chi connectivity index (χ0) is 14.7. The number of likely N-dealkylation sites (tertiary alicyclic amines) is 1. The number of pyridine rings is 1. The largest absolute Gasteiger partial charge is 0.478 e. The second-order valence-electron chi connectivity index (χ2n) is 5.05. The van der Waals surface area contributed by atoms with E-state index in [-0.39, 0.29) is 23.8 Å². The molecule has 1 aromatic rings. The van der Waals surface area contributed by atoms with Gasteiger partial charge in [0, 0.05) is 18.8 Å². The Morgan fingerprint density at radius 1 is 1.35 bits per heavy atom. The van der Waals surface area contributed by atoms with Crippen molar-refractivity contribution in [3.8, 4) is 0 Å². The Balaban J connectivity index is 2.12. The summed E-state index contributed by atoms with van der Waals surface area (Å²) in [6.45, 7) is 5.17. The molecule has 0 unspecified atom stereocenters. The van der Waals surface area contributed by atoms with Gasteiger partial charge in [-0.05, 0) is 38.3 Å². The van der Waals surface area contributed by atoms with E-state index < -0.39 is 5.97 Å². The molecule has 0 aliphatic carbocycles. The molecule has 0 aromatic carbocycles. The van der Waals surface area contributed by atoms with Crippen molar-refractivity contribution < 1.29 is 14.7 Å². The number of nitrogens with zero attached hydrogens (tertiary/aromatic N) is 2. The van der Waals surface area contributed by atoms with Crippen LogP contribution in [-0.2, 0) is 4.79 Å². The molecule has 0 radical (unpaired) electrons. The molecule has 0 bridgehead atoms. The number of amides is 1. The first-order chi connectivity index (χ1) is 9.49. The molecule has 2 rings (SSSR count). The van der Waals surface area contributed by atoms with Gasteiger partial charge < -0.3 is 15.3 Å². The van der Waals surface area contributed by atoms with E-state index in [1.165, 1.54) is 0 Å². The Morgan fingerprint density at radius 3 is 2.60 bits per heavy atom. The zero-order valence-corrected chi connectivity index (χ0v) is 11.8. The minimum absolute atomic E-state index is 0.0141. The van der Waals surface area contributed by atoms with Crippen molar-refractivity contribution in [3.63, 3.8) is 0 Å². The molecule has 2 heterocycles. The number of aromatic nitrogens is 1. The third-order valence-corrected chi connectivity index (χ3v) is 3.42. The lowest BCUT2D eigenvalue weighted by Crippen LogP contribution is -2.33. The van der Waals surface area contributed by atoms with Crippen molar-refractivity contribution in [1.29, 1.82) is 0 Å². The van der Waals surface area contributed by atoms with Gasteiger partial charge >= 0.3 is 5.97 Å². The molecule has 0 spiro atoms. The number of anilines is 1. The van der Waals surface area contributed by atoms with Crippen LogP contribution in [0.25, 0.3) is 0 Å². The number of aromatic carboxylic acids is 1. The van der Waals surface area contributed by atoms with E-state index in [1.807, 2.05) is 0 Å². The Labute approximate surface area is 117 Å². The summed E-state index contributed by atoms with van der Waals surface area (Å²) in [7, 11) is 0. The van der Waals surface area contributed by atoms with Crippen LogP contribution < -0.4 is 5.32 Å². The standard InChI is InChI=1S/C14H19N3O3/c1-9-7-10(2)16-13(12(9)14(19)20)15-8-11(18)17-5-3-4-6-17/h7H,3-6,8H2,1-2H3,(H,15,16)(H,19,20). The maximum Gasteiger partial charge on any atom is 0.339 e. The van der Waals surface area contributed by atoms with E-state index in [9.17, 15) is 14.7 Å². The zero-order valence-electron chi connectivity index (χ0n) is 11.8. The van der Waals surface area contributed by atoms with E-state index >= 15 is 0 Å². The summed E-state index contributed by atoms with van der Waals surface area (Å²) < 4.78 is 0. The molecule has 108 valence electrons. The highest BCUT2D eigenvalue weighted by Crippen LogP contribution is 2.18. The quantitative estimate of drug-likeness (QED) is 0.870. The van der Waals surface area contributed by atoms with Crippen molar-refractivity contribution in [3.05, 3.63) is 22.9 Å². The highest BCUT2D eigenvalue weighted by molar-refractivity contribution is 5.95. The normalized spacial score (nSPS) is 14.4. The van der Waals surface area contributed by atoms with Gasteiger partial charge in [0.25, 0.3) is 0 Å². The molecule has 6 nitrogen and oxygen atoms in total. The monoisotopic (exact) mass is 277 g/mol. The van der Waals surface area contributed by atoms with Crippen LogP contribution in [0.15, 0.2) is 6.07 Å². The molecule has 1 amide bonds. The van der Waals surface area contributed by atoms with Crippen LogP contribution in [0.1, 0.15) is 34.5 Å². The van der Waals surface area contributed by atoms with Gasteiger partial charge in [-0.25, -0.2) is 9.78 Å². The molecule has 1 fully saturated rings. The third-order valence-electron chi connectivity index (χ3n) is 3.42. The van der Waals surface area contributed by atoms with Crippen LogP contribution in [0.2, 0.25) is 0 Å². The molecule has 0 saturated carbocycles. The summed E-state index contributed by atoms with van der Waals surface area (Å²) in [6.07, 6.45) is 2.07. The minimum atomic E-state index is -1.04. The first kappa shape index (κ1) is 14.3. The first-order valence-electron chi connectivity index (χ1n) is 6.72. The number of hydrogen-bond donors (Lipinski definition) is 2. The molecular weight excluding hydrogens is 258 g/mol. The fourth-order valence-electron chi connectivity index (χ4n) is 2.47. The fourth-order valence-corrected chi connectivity index (χ4v) is 2.47. The van der Waals surface area contributed by atoms with Gasteiger partial charge in [0.2, 0.25) is 5.91 Å². The summed E-state index contributed by atoms with van der Waals surface area (Å²) in [4.78, 5) is 29.2. The molecule has 6 heteroatoms. The van der Waals surface area contributed by atoms with Crippen LogP contribution >= 0.6 is 0 Å². The van der Waals surface area contributed by atoms with Crippen LogP contribution in [0.4, 0.5) is 5.82 Å². The topological polar surface area (TPSA) is 82.5 Å². The predicted octanol–water partition coefficient (Wildman–Crippen LogP) is 1.43. The summed E-state index contributed by atoms with van der Waals surface area (Å²) in [5.41, 5.74) is 1.49. The molecule has 1 aliphatic heterocycles. The molecule has 20 heavy (non-hydrogen) atoms. The molecule has 1 aliphatic rings. The number of aryl methyl sites for hydroxylation is 2. The molecule has 1 aromatic heterocycles. The van der Waals surface area contributed by atoms with Gasteiger partial charge in [-0.1, -0.05) is 0 Å². The Kier molecular flexibility index (Phi) is 4.22. The lowest BCUT2D eigenvalue weighted by molar-refractivity contribution is -0.128. The lowest BCUT2D eigenvalue weighted by atomic mass is 10.1. The molecular formula is C14H19N3O3. The van der Waals surface area contributed by atoms with Gasteiger partial charge in [-0.2, -0.15) is 0 Å². The molecule has 1 saturated heterocycles. The predicted molar refractivity (Wildman–Crippen MR) is 75.0 cm³/mol. The fraction of sp³-hybridized carbons (Fsp3) is 0.500. The number of carboxylic acid groups (broad SMARTS) is 1.